The number of rotatable bonds is 0. The van der Waals surface area contributed by atoms with Crippen LogP contribution in [0.3, 0.4) is 0 Å². The van der Waals surface area contributed by atoms with E-state index in [4.69, 9.17) is 14.7 Å². The van der Waals surface area contributed by atoms with Crippen LogP contribution in [0.25, 0.3) is 0 Å². The second-order valence-corrected chi connectivity index (χ2v) is 4.79. The average Bonchev–Trinajstić information content (AvgIpc) is 2.16. The maximum Gasteiger partial charge on any atom is 0.472 e. The second-order valence-electron chi connectivity index (χ2n) is 3.38. The largest absolute Gasteiger partial charge is 0.472 e. The molecule has 0 saturated carbocycles. The van der Waals surface area contributed by atoms with E-state index in [-0.39, 0.29) is 6.61 Å². The molecular formula is C6H11O8P. The van der Waals surface area contributed by atoms with Crippen LogP contribution in [0.4, 0.5) is 0 Å². The molecule has 6 atom stereocenters. The molecule has 88 valence electrons. The highest BCUT2D eigenvalue weighted by Gasteiger charge is 2.51. The lowest BCUT2D eigenvalue weighted by molar-refractivity contribution is -0.291. The van der Waals surface area contributed by atoms with Crippen molar-refractivity contribution in [3.63, 3.8) is 0 Å². The number of hydrogen-bond donors (Lipinski definition) is 4. The Bertz CT molecular complexity index is 293. The number of aliphatic hydroxyl groups is 3. The number of phosphoric acid groups is 1. The molecule has 2 aliphatic heterocycles. The fraction of sp³-hybridized carbons (Fsp3) is 1.00. The van der Waals surface area contributed by atoms with Gasteiger partial charge in [-0.1, -0.05) is 0 Å². The van der Waals surface area contributed by atoms with Crippen molar-refractivity contribution in [1.82, 2.24) is 0 Å². The fourth-order valence-corrected chi connectivity index (χ4v) is 2.50. The first-order chi connectivity index (χ1) is 6.91. The van der Waals surface area contributed by atoms with Gasteiger partial charge in [-0.3, -0.25) is 9.05 Å². The SMILES string of the molecule is O=P1(O)OC[C@H]2O[C@H](O)[C@H](O)[C@@H](O)[C@@H]2O1. The van der Waals surface area contributed by atoms with E-state index in [0.29, 0.717) is 0 Å². The van der Waals surface area contributed by atoms with E-state index in [9.17, 15) is 14.8 Å². The molecule has 2 rings (SSSR count). The van der Waals surface area contributed by atoms with Gasteiger partial charge in [0.2, 0.25) is 0 Å². The summed E-state index contributed by atoms with van der Waals surface area (Å²) in [5.41, 5.74) is 0. The van der Waals surface area contributed by atoms with Crippen molar-refractivity contribution < 1.29 is 38.6 Å². The fourth-order valence-electron chi connectivity index (χ4n) is 1.54. The van der Waals surface area contributed by atoms with Gasteiger partial charge >= 0.3 is 7.82 Å². The molecule has 15 heavy (non-hydrogen) atoms. The monoisotopic (exact) mass is 242 g/mol. The lowest BCUT2D eigenvalue weighted by Gasteiger charge is -2.43. The molecule has 9 heteroatoms. The molecule has 0 aliphatic carbocycles. The second kappa shape index (κ2) is 3.76. The zero-order valence-electron chi connectivity index (χ0n) is 7.46. The van der Waals surface area contributed by atoms with Crippen LogP contribution >= 0.6 is 7.82 Å². The summed E-state index contributed by atoms with van der Waals surface area (Å²) < 4.78 is 24.8. The maximum atomic E-state index is 11.0. The summed E-state index contributed by atoms with van der Waals surface area (Å²) in [5, 5.41) is 27.9. The molecule has 0 aromatic heterocycles. The smallest absolute Gasteiger partial charge is 0.387 e. The molecule has 8 nitrogen and oxygen atoms in total. The van der Waals surface area contributed by atoms with Crippen LogP contribution in [0.15, 0.2) is 0 Å². The summed E-state index contributed by atoms with van der Waals surface area (Å²) in [6, 6.07) is 0. The van der Waals surface area contributed by atoms with Gasteiger partial charge in [0, 0.05) is 0 Å². The van der Waals surface area contributed by atoms with Gasteiger partial charge in [-0.25, -0.2) is 4.57 Å². The van der Waals surface area contributed by atoms with Crippen molar-refractivity contribution in [2.24, 2.45) is 0 Å². The van der Waals surface area contributed by atoms with Crippen molar-refractivity contribution >= 4 is 7.82 Å². The van der Waals surface area contributed by atoms with Crippen LogP contribution in [0, 0.1) is 0 Å². The summed E-state index contributed by atoms with van der Waals surface area (Å²) in [7, 11) is -4.19. The van der Waals surface area contributed by atoms with Crippen molar-refractivity contribution in [3.8, 4) is 0 Å². The molecule has 2 saturated heterocycles. The van der Waals surface area contributed by atoms with Gasteiger partial charge < -0.3 is 24.9 Å². The number of fused-ring (bicyclic) bond motifs is 1. The van der Waals surface area contributed by atoms with E-state index in [2.05, 4.69) is 9.05 Å². The minimum absolute atomic E-state index is 0.292. The standard InChI is InChI=1S/C6H11O8P/c7-3-4(8)6(9)13-2-1-12-15(10,11)14-5(2)3/h2-9H,1H2,(H,10,11)/t2-,3-,4-,5-,6+/m1/s1. The van der Waals surface area contributed by atoms with Crippen LogP contribution in [0.2, 0.25) is 0 Å². The lowest BCUT2D eigenvalue weighted by atomic mass is 9.99. The third kappa shape index (κ3) is 2.08. The lowest BCUT2D eigenvalue weighted by Crippen LogP contribution is -2.60. The molecule has 0 radical (unpaired) electrons. The van der Waals surface area contributed by atoms with E-state index in [1.165, 1.54) is 0 Å². The average molecular weight is 242 g/mol. The first-order valence-corrected chi connectivity index (χ1v) is 5.76. The van der Waals surface area contributed by atoms with E-state index in [1.807, 2.05) is 0 Å². The van der Waals surface area contributed by atoms with Gasteiger partial charge in [-0.05, 0) is 0 Å². The Morgan fingerprint density at radius 1 is 1.20 bits per heavy atom. The van der Waals surface area contributed by atoms with Crippen LogP contribution in [0.5, 0.6) is 0 Å². The Balaban J connectivity index is 2.15. The van der Waals surface area contributed by atoms with E-state index in [0.717, 1.165) is 0 Å². The predicted molar refractivity (Wildman–Crippen MR) is 43.5 cm³/mol. The number of ether oxygens (including phenoxy) is 1. The molecule has 2 heterocycles. The number of phosphoric ester groups is 1. The molecule has 0 bridgehead atoms. The van der Waals surface area contributed by atoms with Gasteiger partial charge in [-0.2, -0.15) is 0 Å². The number of hydrogen-bond acceptors (Lipinski definition) is 7. The Morgan fingerprint density at radius 2 is 1.87 bits per heavy atom. The maximum absolute atomic E-state index is 11.0. The minimum Gasteiger partial charge on any atom is -0.387 e. The minimum atomic E-state index is -4.19. The summed E-state index contributed by atoms with van der Waals surface area (Å²) >= 11 is 0. The van der Waals surface area contributed by atoms with Crippen LogP contribution < -0.4 is 0 Å². The highest BCUT2D eigenvalue weighted by molar-refractivity contribution is 7.47. The summed E-state index contributed by atoms with van der Waals surface area (Å²) in [6.45, 7) is -0.292. The highest BCUT2D eigenvalue weighted by Crippen LogP contribution is 2.50. The van der Waals surface area contributed by atoms with Crippen molar-refractivity contribution in [1.29, 1.82) is 0 Å². The van der Waals surface area contributed by atoms with E-state index in [1.54, 1.807) is 0 Å². The Kier molecular flexibility index (Phi) is 2.87. The Hall–Kier alpha value is -0.0500. The van der Waals surface area contributed by atoms with Crippen molar-refractivity contribution in [2.45, 2.75) is 30.7 Å². The van der Waals surface area contributed by atoms with Gasteiger partial charge in [-0.15, -0.1) is 0 Å². The molecular weight excluding hydrogens is 231 g/mol. The Morgan fingerprint density at radius 3 is 2.53 bits per heavy atom. The predicted octanol–water partition coefficient (Wildman–Crippen LogP) is -2.06. The van der Waals surface area contributed by atoms with E-state index < -0.39 is 38.5 Å². The summed E-state index contributed by atoms with van der Waals surface area (Å²) in [6.07, 6.45) is -6.71. The molecule has 0 spiro atoms. The summed E-state index contributed by atoms with van der Waals surface area (Å²) in [4.78, 5) is 8.98. The topological polar surface area (TPSA) is 126 Å². The van der Waals surface area contributed by atoms with Crippen LogP contribution in [-0.4, -0.2) is 57.5 Å². The molecule has 2 aliphatic rings. The quantitative estimate of drug-likeness (QED) is 0.357. The first kappa shape index (κ1) is 11.4. The van der Waals surface area contributed by atoms with Crippen LogP contribution in [-0.2, 0) is 18.3 Å². The van der Waals surface area contributed by atoms with Gasteiger partial charge in [0.05, 0.1) is 6.61 Å². The van der Waals surface area contributed by atoms with E-state index >= 15 is 0 Å². The Labute approximate surface area is 84.6 Å². The van der Waals surface area contributed by atoms with Gasteiger partial charge in [0.1, 0.15) is 24.4 Å². The molecule has 0 aromatic carbocycles. The third-order valence-electron chi connectivity index (χ3n) is 2.32. The van der Waals surface area contributed by atoms with Crippen LogP contribution in [0.1, 0.15) is 0 Å². The summed E-state index contributed by atoms with van der Waals surface area (Å²) in [5.74, 6) is 0. The molecule has 4 N–H and O–H groups in total. The molecule has 1 unspecified atom stereocenters. The molecule has 0 amide bonds. The number of aliphatic hydroxyl groups excluding tert-OH is 3. The zero-order valence-corrected chi connectivity index (χ0v) is 8.36. The van der Waals surface area contributed by atoms with Crippen molar-refractivity contribution in [2.75, 3.05) is 6.61 Å². The van der Waals surface area contributed by atoms with Gasteiger partial charge in [0.25, 0.3) is 0 Å². The third-order valence-corrected chi connectivity index (χ3v) is 3.30. The molecule has 2 fully saturated rings. The van der Waals surface area contributed by atoms with Crippen molar-refractivity contribution in [3.05, 3.63) is 0 Å². The zero-order chi connectivity index (χ0) is 11.2. The highest BCUT2D eigenvalue weighted by atomic mass is 31.2. The molecule has 0 aromatic rings. The first-order valence-electron chi connectivity index (χ1n) is 4.26. The normalized spacial score (nSPS) is 56.1. The van der Waals surface area contributed by atoms with Gasteiger partial charge in [0.15, 0.2) is 6.29 Å².